The van der Waals surface area contributed by atoms with Gasteiger partial charge >= 0.3 is 0 Å². The highest BCUT2D eigenvalue weighted by atomic mass is 15.1. The van der Waals surface area contributed by atoms with Gasteiger partial charge in [-0.15, -0.1) is 5.11 Å². The smallest absolute Gasteiger partial charge is 0.173 e. The molecule has 7 aromatic rings. The highest BCUT2D eigenvalue weighted by molar-refractivity contribution is 6.16. The molecular formula is C41H32N4. The topological polar surface area (TPSA) is 53.5 Å². The minimum atomic E-state index is -0.0952. The first-order valence-electron chi connectivity index (χ1n) is 15.4. The van der Waals surface area contributed by atoms with Crippen LogP contribution >= 0.6 is 0 Å². The summed E-state index contributed by atoms with van der Waals surface area (Å²) in [5.41, 5.74) is 12.9. The zero-order valence-corrected chi connectivity index (χ0v) is 25.3. The molecule has 6 aromatic carbocycles. The molecule has 0 unspecified atom stereocenters. The molecule has 1 aromatic heterocycles. The molecule has 0 bridgehead atoms. The maximum atomic E-state index is 8.31. The molecule has 45 heavy (non-hydrogen) atoms. The van der Waals surface area contributed by atoms with Crippen molar-refractivity contribution in [1.82, 2.24) is 4.57 Å². The Kier molecular flexibility index (Phi) is 6.31. The van der Waals surface area contributed by atoms with Gasteiger partial charge in [-0.25, -0.2) is 0 Å². The Labute approximate surface area is 262 Å². The molecule has 216 valence electrons. The number of azo groups is 1. The van der Waals surface area contributed by atoms with Crippen molar-refractivity contribution in [2.45, 2.75) is 25.8 Å². The van der Waals surface area contributed by atoms with Crippen molar-refractivity contribution >= 4 is 27.6 Å². The summed E-state index contributed by atoms with van der Waals surface area (Å²) in [6.45, 7) is 5.07. The third-order valence-electron chi connectivity index (χ3n) is 9.22. The third-order valence-corrected chi connectivity index (χ3v) is 9.22. The van der Waals surface area contributed by atoms with E-state index in [0.29, 0.717) is 6.54 Å². The predicted octanol–water partition coefficient (Wildman–Crippen LogP) is 10.7. The van der Waals surface area contributed by atoms with Crippen LogP contribution in [-0.4, -0.2) is 10.4 Å². The number of nitrogens with zero attached hydrogens (tertiary/aromatic N) is 3. The van der Waals surface area contributed by atoms with Crippen LogP contribution in [0.2, 0.25) is 0 Å². The van der Waals surface area contributed by atoms with E-state index in [-0.39, 0.29) is 11.3 Å². The van der Waals surface area contributed by atoms with Gasteiger partial charge in [0.15, 0.2) is 5.84 Å². The van der Waals surface area contributed by atoms with Crippen LogP contribution in [0.3, 0.4) is 0 Å². The van der Waals surface area contributed by atoms with Gasteiger partial charge in [0.2, 0.25) is 0 Å². The van der Waals surface area contributed by atoms with Crippen LogP contribution in [-0.2, 0) is 12.0 Å². The van der Waals surface area contributed by atoms with Gasteiger partial charge in [-0.3, -0.25) is 5.41 Å². The van der Waals surface area contributed by atoms with Crippen LogP contribution in [0.4, 0.5) is 0 Å². The Morgan fingerprint density at radius 1 is 0.667 bits per heavy atom. The second kappa shape index (κ2) is 10.5. The number of hydrogen-bond acceptors (Lipinski definition) is 2. The van der Waals surface area contributed by atoms with Crippen molar-refractivity contribution in [1.29, 1.82) is 5.41 Å². The lowest BCUT2D eigenvalue weighted by atomic mass is 9.82. The van der Waals surface area contributed by atoms with Gasteiger partial charge in [-0.1, -0.05) is 129 Å². The fourth-order valence-electron chi connectivity index (χ4n) is 7.01. The lowest BCUT2D eigenvalue weighted by Crippen LogP contribution is -2.14. The van der Waals surface area contributed by atoms with E-state index in [4.69, 9.17) is 5.41 Å². The maximum Gasteiger partial charge on any atom is 0.173 e. The zero-order chi connectivity index (χ0) is 30.5. The summed E-state index contributed by atoms with van der Waals surface area (Å²) >= 11 is 0. The van der Waals surface area contributed by atoms with Gasteiger partial charge in [-0.05, 0) is 57.6 Å². The molecule has 4 nitrogen and oxygen atoms in total. The molecule has 0 fully saturated rings. The Bertz CT molecular complexity index is 2270. The molecular weight excluding hydrogens is 548 g/mol. The Hall–Kier alpha value is -5.61. The quantitative estimate of drug-likeness (QED) is 0.120. The van der Waals surface area contributed by atoms with E-state index in [2.05, 4.69) is 138 Å². The highest BCUT2D eigenvalue weighted by Gasteiger charge is 2.37. The van der Waals surface area contributed by atoms with Crippen LogP contribution < -0.4 is 0 Å². The number of rotatable bonds is 5. The van der Waals surface area contributed by atoms with E-state index in [0.717, 1.165) is 16.8 Å². The summed E-state index contributed by atoms with van der Waals surface area (Å²) in [6.07, 6.45) is 0. The normalized spacial score (nSPS) is 13.4. The first kappa shape index (κ1) is 27.0. The Morgan fingerprint density at radius 2 is 1.42 bits per heavy atom. The van der Waals surface area contributed by atoms with Crippen molar-refractivity contribution in [3.63, 3.8) is 0 Å². The lowest BCUT2D eigenvalue weighted by molar-refractivity contribution is 0.661. The molecule has 0 spiro atoms. The maximum absolute atomic E-state index is 8.31. The summed E-state index contributed by atoms with van der Waals surface area (Å²) in [4.78, 5) is 0. The number of aromatic nitrogens is 1. The van der Waals surface area contributed by atoms with E-state index in [1.54, 1.807) is 0 Å². The second-order valence-electron chi connectivity index (χ2n) is 12.3. The van der Waals surface area contributed by atoms with E-state index < -0.39 is 0 Å². The van der Waals surface area contributed by atoms with Crippen LogP contribution in [0.25, 0.3) is 49.7 Å². The molecule has 8 rings (SSSR count). The standard InChI is InChI=1S/C41H32N4/c1-41(2)35-19-10-9-18-33(35)38-36(41)22-21-32-34-25-30(28-13-5-3-6-14-28)20-23-37(34)45(39(32)38)31-17-11-12-27(24-31)26-43-44-40(42)29-15-7-4-8-16-29/h3-25,42H,26H2,1-2H3. The number of hydrogen-bond donors (Lipinski definition) is 1. The van der Waals surface area contributed by atoms with Crippen molar-refractivity contribution < 1.29 is 0 Å². The molecule has 1 aliphatic rings. The SMILES string of the molecule is CC1(C)c2ccccc2-c2c1ccc1c3cc(-c4ccccc4)ccc3n(-c3cccc(CN=NC(=N)c4ccccc4)c3)c21. The molecule has 1 heterocycles. The average Bonchev–Trinajstić information content (AvgIpc) is 3.54. The minimum Gasteiger partial charge on any atom is -0.309 e. The van der Waals surface area contributed by atoms with Gasteiger partial charge in [0.1, 0.15) is 0 Å². The average molecular weight is 581 g/mol. The summed E-state index contributed by atoms with van der Waals surface area (Å²) in [7, 11) is 0. The molecule has 0 saturated heterocycles. The lowest BCUT2D eigenvalue weighted by Gasteiger charge is -2.21. The third kappa shape index (κ3) is 4.41. The van der Waals surface area contributed by atoms with E-state index >= 15 is 0 Å². The van der Waals surface area contributed by atoms with Crippen LogP contribution in [0.1, 0.15) is 36.1 Å². The molecule has 1 aliphatic carbocycles. The predicted molar refractivity (Wildman–Crippen MR) is 186 cm³/mol. The summed E-state index contributed by atoms with van der Waals surface area (Å²) in [5.74, 6) is 0.167. The Morgan fingerprint density at radius 3 is 2.24 bits per heavy atom. The molecule has 0 amide bonds. The van der Waals surface area contributed by atoms with Gasteiger partial charge in [0.25, 0.3) is 0 Å². The largest absolute Gasteiger partial charge is 0.309 e. The zero-order valence-electron chi connectivity index (χ0n) is 25.3. The van der Waals surface area contributed by atoms with Gasteiger partial charge < -0.3 is 4.57 Å². The van der Waals surface area contributed by atoms with Gasteiger partial charge in [-0.2, -0.15) is 5.11 Å². The van der Waals surface area contributed by atoms with Crippen LogP contribution in [0.15, 0.2) is 150 Å². The van der Waals surface area contributed by atoms with Gasteiger partial charge in [0, 0.05) is 33.0 Å². The summed E-state index contributed by atoms with van der Waals surface area (Å²) in [5, 5.41) is 19.4. The number of amidine groups is 1. The summed E-state index contributed by atoms with van der Waals surface area (Å²) in [6, 6.07) is 49.1. The van der Waals surface area contributed by atoms with E-state index in [9.17, 15) is 0 Å². The fraction of sp³-hybridized carbons (Fsp3) is 0.0976. The number of fused-ring (bicyclic) bond motifs is 7. The molecule has 1 N–H and O–H groups in total. The van der Waals surface area contributed by atoms with Crippen LogP contribution in [0, 0.1) is 5.41 Å². The Balaban J connectivity index is 1.32. The number of nitrogens with one attached hydrogen (secondary N) is 1. The van der Waals surface area contributed by atoms with Crippen molar-refractivity contribution in [2.24, 2.45) is 10.2 Å². The van der Waals surface area contributed by atoms with Crippen molar-refractivity contribution in [2.75, 3.05) is 0 Å². The van der Waals surface area contributed by atoms with E-state index in [1.807, 2.05) is 30.3 Å². The minimum absolute atomic E-state index is 0.0952. The van der Waals surface area contributed by atoms with E-state index in [1.165, 1.54) is 55.2 Å². The fourth-order valence-corrected chi connectivity index (χ4v) is 7.01. The van der Waals surface area contributed by atoms with Crippen LogP contribution in [0.5, 0.6) is 0 Å². The molecule has 4 heteroatoms. The second-order valence-corrected chi connectivity index (χ2v) is 12.3. The first-order valence-corrected chi connectivity index (χ1v) is 15.4. The van der Waals surface area contributed by atoms with Crippen molar-refractivity contribution in [3.05, 3.63) is 162 Å². The highest BCUT2D eigenvalue weighted by Crippen LogP contribution is 2.53. The molecule has 0 aliphatic heterocycles. The summed E-state index contributed by atoms with van der Waals surface area (Å²) < 4.78 is 2.43. The first-order chi connectivity index (χ1) is 22.0. The van der Waals surface area contributed by atoms with Gasteiger partial charge in [0.05, 0.1) is 17.6 Å². The van der Waals surface area contributed by atoms with Crippen molar-refractivity contribution in [3.8, 4) is 27.9 Å². The molecule has 0 saturated carbocycles. The molecule has 0 atom stereocenters. The monoisotopic (exact) mass is 580 g/mol. The number of benzene rings is 6. The molecule has 0 radical (unpaired) electrons.